The van der Waals surface area contributed by atoms with Crippen LogP contribution in [0.25, 0.3) is 11.4 Å². The number of carbonyl (C=O) groups is 2. The number of nitrogens with zero attached hydrogens (tertiary/aromatic N) is 3. The summed E-state index contributed by atoms with van der Waals surface area (Å²) in [7, 11) is 1.76. The van der Waals surface area contributed by atoms with Crippen LogP contribution in [0.2, 0.25) is 5.02 Å². The maximum absolute atomic E-state index is 12.3. The first-order valence-corrected chi connectivity index (χ1v) is 8.95. The molecular formula is C19H24ClN3O3. The van der Waals surface area contributed by atoms with Crippen molar-refractivity contribution >= 4 is 23.4 Å². The lowest BCUT2D eigenvalue weighted by Crippen LogP contribution is -2.27. The van der Waals surface area contributed by atoms with Gasteiger partial charge in [0.05, 0.1) is 18.4 Å². The molecule has 0 N–H and O–H groups in total. The van der Waals surface area contributed by atoms with Crippen molar-refractivity contribution in [3.05, 3.63) is 35.1 Å². The summed E-state index contributed by atoms with van der Waals surface area (Å²) in [6, 6.07) is 7.22. The molecule has 6 nitrogen and oxygen atoms in total. The number of Topliss-reactive ketones (excluding diaryl/α,β-unsaturated/α-hetero) is 1. The number of ketones is 1. The minimum atomic E-state index is -0.681. The summed E-state index contributed by atoms with van der Waals surface area (Å²) < 4.78 is 6.66. The molecule has 7 heteroatoms. The molecule has 0 saturated carbocycles. The van der Waals surface area contributed by atoms with Crippen molar-refractivity contribution in [2.45, 2.75) is 40.0 Å². The van der Waals surface area contributed by atoms with E-state index in [1.807, 2.05) is 12.1 Å². The molecule has 1 aromatic carbocycles. The predicted octanol–water partition coefficient (Wildman–Crippen LogP) is 3.62. The van der Waals surface area contributed by atoms with Crippen LogP contribution >= 0.6 is 11.6 Å². The van der Waals surface area contributed by atoms with Crippen molar-refractivity contribution in [1.29, 1.82) is 0 Å². The highest BCUT2D eigenvalue weighted by atomic mass is 35.5. The van der Waals surface area contributed by atoms with Gasteiger partial charge in [-0.2, -0.15) is 5.10 Å². The van der Waals surface area contributed by atoms with Crippen molar-refractivity contribution in [1.82, 2.24) is 14.8 Å². The summed E-state index contributed by atoms with van der Waals surface area (Å²) in [5, 5.41) is 5.00. The summed E-state index contributed by atoms with van der Waals surface area (Å²) in [6.45, 7) is 5.69. The normalized spacial score (nSPS) is 11.4. The lowest BCUT2D eigenvalue weighted by molar-refractivity contribution is -0.153. The number of benzene rings is 1. The minimum Gasteiger partial charge on any atom is -0.466 e. The second-order valence-electron chi connectivity index (χ2n) is 6.80. The van der Waals surface area contributed by atoms with Gasteiger partial charge in [0.1, 0.15) is 11.6 Å². The van der Waals surface area contributed by atoms with E-state index in [9.17, 15) is 9.59 Å². The zero-order valence-corrected chi connectivity index (χ0v) is 16.3. The fourth-order valence-electron chi connectivity index (χ4n) is 2.44. The van der Waals surface area contributed by atoms with E-state index >= 15 is 0 Å². The number of hydrogen-bond donors (Lipinski definition) is 0. The number of aryl methyl sites for hydroxylation is 1. The highest BCUT2D eigenvalue weighted by Gasteiger charge is 2.29. The second-order valence-corrected chi connectivity index (χ2v) is 7.24. The summed E-state index contributed by atoms with van der Waals surface area (Å²) in [5.74, 6) is 0.879. The first-order chi connectivity index (χ1) is 12.2. The number of ether oxygens (including phenoxy) is 1. The third-order valence-corrected chi connectivity index (χ3v) is 4.42. The van der Waals surface area contributed by atoms with E-state index in [1.165, 1.54) is 0 Å². The average Bonchev–Trinajstić information content (AvgIpc) is 2.94. The molecule has 1 aromatic heterocycles. The van der Waals surface area contributed by atoms with E-state index in [1.54, 1.807) is 44.6 Å². The molecule has 0 bridgehead atoms. The summed E-state index contributed by atoms with van der Waals surface area (Å²) in [5.41, 5.74) is 0.159. The van der Waals surface area contributed by atoms with Gasteiger partial charge in [-0.25, -0.2) is 4.98 Å². The molecule has 0 aliphatic heterocycles. The Bertz CT molecular complexity index is 782. The van der Waals surface area contributed by atoms with E-state index < -0.39 is 5.41 Å². The van der Waals surface area contributed by atoms with Gasteiger partial charge in [0, 0.05) is 24.1 Å². The molecule has 1 heterocycles. The average molecular weight is 378 g/mol. The maximum Gasteiger partial charge on any atom is 0.311 e. The van der Waals surface area contributed by atoms with Crippen molar-refractivity contribution in [3.8, 4) is 11.4 Å². The van der Waals surface area contributed by atoms with E-state index in [0.29, 0.717) is 29.7 Å². The zero-order valence-electron chi connectivity index (χ0n) is 15.6. The van der Waals surface area contributed by atoms with Crippen molar-refractivity contribution in [2.24, 2.45) is 12.5 Å². The van der Waals surface area contributed by atoms with Crippen molar-refractivity contribution in [3.63, 3.8) is 0 Å². The first kappa shape index (κ1) is 20.1. The second kappa shape index (κ2) is 8.45. The third kappa shape index (κ3) is 5.14. The van der Waals surface area contributed by atoms with Gasteiger partial charge >= 0.3 is 5.97 Å². The van der Waals surface area contributed by atoms with Crippen LogP contribution in [-0.4, -0.2) is 33.1 Å². The Morgan fingerprint density at radius 2 is 1.88 bits per heavy atom. The molecule has 0 saturated heterocycles. The molecule has 2 rings (SSSR count). The summed E-state index contributed by atoms with van der Waals surface area (Å²) >= 11 is 5.89. The summed E-state index contributed by atoms with van der Waals surface area (Å²) in [6.07, 6.45) is 0.900. The molecule has 0 amide bonds. The number of halogens is 1. The Kier molecular flexibility index (Phi) is 6.53. The van der Waals surface area contributed by atoms with Gasteiger partial charge in [-0.1, -0.05) is 11.6 Å². The standard InChI is InChI=1S/C19H24ClN3O3/c1-5-26-18(25)19(2,3)11-10-15(24)12-16-21-17(22-23(16)4)13-6-8-14(20)9-7-13/h6-9H,5,10-12H2,1-4H3. The largest absolute Gasteiger partial charge is 0.466 e. The predicted molar refractivity (Wildman–Crippen MR) is 99.8 cm³/mol. The Labute approximate surface area is 158 Å². The number of aromatic nitrogens is 3. The van der Waals surface area contributed by atoms with Gasteiger partial charge in [-0.3, -0.25) is 14.3 Å². The van der Waals surface area contributed by atoms with E-state index in [0.717, 1.165) is 5.56 Å². The van der Waals surface area contributed by atoms with Crippen LogP contribution in [0.4, 0.5) is 0 Å². The number of rotatable bonds is 8. The number of hydrogen-bond acceptors (Lipinski definition) is 5. The fraction of sp³-hybridized carbons (Fsp3) is 0.474. The van der Waals surface area contributed by atoms with Crippen LogP contribution in [0.15, 0.2) is 24.3 Å². The highest BCUT2D eigenvalue weighted by molar-refractivity contribution is 6.30. The van der Waals surface area contributed by atoms with Gasteiger partial charge in [0.2, 0.25) is 0 Å². The Hall–Kier alpha value is -2.21. The number of esters is 1. The van der Waals surface area contributed by atoms with Gasteiger partial charge in [-0.05, 0) is 51.5 Å². The van der Waals surface area contributed by atoms with Crippen molar-refractivity contribution in [2.75, 3.05) is 6.61 Å². The molecule has 0 aliphatic rings. The van der Waals surface area contributed by atoms with Crippen LogP contribution in [0, 0.1) is 5.41 Å². The fourth-order valence-corrected chi connectivity index (χ4v) is 2.56. The Morgan fingerprint density at radius 3 is 2.50 bits per heavy atom. The molecule has 2 aromatic rings. The van der Waals surface area contributed by atoms with Gasteiger partial charge in [-0.15, -0.1) is 0 Å². The minimum absolute atomic E-state index is 0.0144. The van der Waals surface area contributed by atoms with E-state index in [4.69, 9.17) is 16.3 Å². The molecular weight excluding hydrogens is 354 g/mol. The third-order valence-electron chi connectivity index (χ3n) is 4.17. The van der Waals surface area contributed by atoms with Gasteiger partial charge in [0.15, 0.2) is 5.82 Å². The molecule has 140 valence electrons. The topological polar surface area (TPSA) is 74.1 Å². The van der Waals surface area contributed by atoms with Crippen LogP contribution in [0.3, 0.4) is 0 Å². The van der Waals surface area contributed by atoms with Crippen LogP contribution in [-0.2, 0) is 27.8 Å². The monoisotopic (exact) mass is 377 g/mol. The molecule has 26 heavy (non-hydrogen) atoms. The molecule has 0 spiro atoms. The highest BCUT2D eigenvalue weighted by Crippen LogP contribution is 2.25. The number of carbonyl (C=O) groups excluding carboxylic acids is 2. The lowest BCUT2D eigenvalue weighted by Gasteiger charge is -2.21. The zero-order chi connectivity index (χ0) is 19.3. The molecule has 0 radical (unpaired) electrons. The van der Waals surface area contributed by atoms with Crippen molar-refractivity contribution < 1.29 is 14.3 Å². The SMILES string of the molecule is CCOC(=O)C(C)(C)CCC(=O)Cc1nc(-c2ccc(Cl)cc2)nn1C. The molecule has 0 fully saturated rings. The van der Waals surface area contributed by atoms with Crippen LogP contribution in [0.5, 0.6) is 0 Å². The van der Waals surface area contributed by atoms with E-state index in [-0.39, 0.29) is 24.6 Å². The Morgan fingerprint density at radius 1 is 1.23 bits per heavy atom. The van der Waals surface area contributed by atoms with Crippen LogP contribution < -0.4 is 0 Å². The molecule has 0 atom stereocenters. The quantitative estimate of drug-likeness (QED) is 0.657. The lowest BCUT2D eigenvalue weighted by atomic mass is 9.86. The van der Waals surface area contributed by atoms with Gasteiger partial charge in [0.25, 0.3) is 0 Å². The van der Waals surface area contributed by atoms with Gasteiger partial charge < -0.3 is 4.74 Å². The molecule has 0 unspecified atom stereocenters. The Balaban J connectivity index is 1.99. The first-order valence-electron chi connectivity index (χ1n) is 8.57. The molecule has 0 aliphatic carbocycles. The summed E-state index contributed by atoms with van der Waals surface area (Å²) in [4.78, 5) is 28.7. The van der Waals surface area contributed by atoms with Crippen LogP contribution in [0.1, 0.15) is 39.4 Å². The van der Waals surface area contributed by atoms with E-state index in [2.05, 4.69) is 10.1 Å². The maximum atomic E-state index is 12.3. The smallest absolute Gasteiger partial charge is 0.311 e.